The number of hydrogen-bond donors (Lipinski definition) is 2. The van der Waals surface area contributed by atoms with Gasteiger partial charge < -0.3 is 24.8 Å². The Morgan fingerprint density at radius 3 is 2.55 bits per heavy atom. The van der Waals surface area contributed by atoms with E-state index >= 15 is 0 Å². The smallest absolute Gasteiger partial charge is 0.407 e. The predicted molar refractivity (Wildman–Crippen MR) is 159 cm³/mol. The summed E-state index contributed by atoms with van der Waals surface area (Å²) in [6, 6.07) is 8.15. The number of benzene rings is 1. The lowest BCUT2D eigenvalue weighted by atomic mass is 9.57. The molecule has 4 rings (SSSR count). The molecular weight excluding hydrogens is 572 g/mol. The first kappa shape index (κ1) is 30.8. The van der Waals surface area contributed by atoms with Crippen LogP contribution in [0.4, 0.5) is 4.79 Å². The molecule has 0 spiro atoms. The summed E-state index contributed by atoms with van der Waals surface area (Å²) in [5.74, 6) is 0.0836. The van der Waals surface area contributed by atoms with Crippen LogP contribution in [0, 0.1) is 22.7 Å². The summed E-state index contributed by atoms with van der Waals surface area (Å²) in [6.45, 7) is 7.14. The molecule has 1 saturated carbocycles. The third-order valence-corrected chi connectivity index (χ3v) is 9.57. The molecule has 0 saturated heterocycles. The molecule has 0 radical (unpaired) electrons. The number of carbonyl (C=O) groups excluding carboxylic acids is 2. The van der Waals surface area contributed by atoms with Crippen LogP contribution in [0.5, 0.6) is 0 Å². The highest BCUT2D eigenvalue weighted by Crippen LogP contribution is 2.52. The largest absolute Gasteiger partial charge is 0.445 e. The van der Waals surface area contributed by atoms with E-state index in [1.54, 1.807) is 7.11 Å². The topological polar surface area (TPSA) is 85.9 Å². The van der Waals surface area contributed by atoms with Crippen LogP contribution >= 0.6 is 15.9 Å². The van der Waals surface area contributed by atoms with Crippen molar-refractivity contribution in [1.82, 2.24) is 10.6 Å². The molecule has 0 aromatic heterocycles. The molecule has 7 nitrogen and oxygen atoms in total. The van der Waals surface area contributed by atoms with Gasteiger partial charge in [-0.3, -0.25) is 4.79 Å². The van der Waals surface area contributed by atoms with Gasteiger partial charge in [-0.25, -0.2) is 4.79 Å². The van der Waals surface area contributed by atoms with Gasteiger partial charge in [-0.1, -0.05) is 85.0 Å². The number of halogens is 1. The summed E-state index contributed by atoms with van der Waals surface area (Å²) >= 11 is 3.46. The number of alkyl carbamates (subject to hydrolysis) is 1. The third kappa shape index (κ3) is 7.37. The Bertz CT molecular complexity index is 1080. The van der Waals surface area contributed by atoms with E-state index < -0.39 is 10.8 Å². The minimum Gasteiger partial charge on any atom is -0.445 e. The van der Waals surface area contributed by atoms with E-state index in [4.69, 9.17) is 14.2 Å². The molecular formula is C32H45BrN2O5. The van der Waals surface area contributed by atoms with Gasteiger partial charge in [0.2, 0.25) is 5.91 Å². The van der Waals surface area contributed by atoms with Crippen LogP contribution in [-0.4, -0.2) is 44.7 Å². The highest BCUT2D eigenvalue weighted by atomic mass is 79.9. The van der Waals surface area contributed by atoms with Crippen LogP contribution in [0.1, 0.15) is 71.3 Å². The van der Waals surface area contributed by atoms with E-state index in [9.17, 15) is 9.59 Å². The van der Waals surface area contributed by atoms with Gasteiger partial charge in [0.25, 0.3) is 0 Å². The van der Waals surface area contributed by atoms with Crippen molar-refractivity contribution in [3.63, 3.8) is 0 Å². The summed E-state index contributed by atoms with van der Waals surface area (Å²) in [5.41, 5.74) is 1.09. The zero-order valence-electron chi connectivity index (χ0n) is 24.3. The lowest BCUT2D eigenvalue weighted by molar-refractivity contribution is -0.133. The number of carbonyl (C=O) groups is 2. The molecule has 220 valence electrons. The molecule has 2 N–H and O–H groups in total. The van der Waals surface area contributed by atoms with E-state index in [0.717, 1.165) is 42.1 Å². The summed E-state index contributed by atoms with van der Waals surface area (Å²) in [4.78, 5) is 26.5. The van der Waals surface area contributed by atoms with Gasteiger partial charge in [-0.05, 0) is 55.7 Å². The molecule has 3 aliphatic carbocycles. The van der Waals surface area contributed by atoms with E-state index in [2.05, 4.69) is 51.7 Å². The number of nitrogens with one attached hydrogen (secondary N) is 2. The van der Waals surface area contributed by atoms with Gasteiger partial charge in [0.1, 0.15) is 12.9 Å². The number of hydrogen-bond acceptors (Lipinski definition) is 5. The minimum absolute atomic E-state index is 0.0110. The average molecular weight is 618 g/mol. The molecule has 0 aliphatic heterocycles. The van der Waals surface area contributed by atoms with Crippen molar-refractivity contribution >= 4 is 27.9 Å². The van der Waals surface area contributed by atoms with E-state index in [1.165, 1.54) is 12.0 Å². The Labute approximate surface area is 247 Å². The molecule has 0 heterocycles. The van der Waals surface area contributed by atoms with Gasteiger partial charge in [0.05, 0.1) is 12.0 Å². The molecule has 40 heavy (non-hydrogen) atoms. The maximum absolute atomic E-state index is 13.4. The van der Waals surface area contributed by atoms with Crippen LogP contribution in [-0.2, 0) is 25.5 Å². The summed E-state index contributed by atoms with van der Waals surface area (Å²) < 4.78 is 18.3. The van der Waals surface area contributed by atoms with Crippen molar-refractivity contribution in [2.45, 2.75) is 84.4 Å². The average Bonchev–Trinajstić information content (AvgIpc) is 2.93. The fourth-order valence-corrected chi connectivity index (χ4v) is 6.71. The number of methoxy groups -OCH3 is 1. The van der Waals surface area contributed by atoms with Crippen molar-refractivity contribution in [2.75, 3.05) is 20.5 Å². The Morgan fingerprint density at radius 1 is 1.12 bits per heavy atom. The lowest BCUT2D eigenvalue weighted by Gasteiger charge is -2.50. The third-order valence-electron chi connectivity index (χ3n) is 9.04. The van der Waals surface area contributed by atoms with E-state index in [-0.39, 0.29) is 42.8 Å². The maximum atomic E-state index is 13.4. The first-order chi connectivity index (χ1) is 19.1. The summed E-state index contributed by atoms with van der Waals surface area (Å²) in [7, 11) is 1.60. The number of amides is 2. The second kappa shape index (κ2) is 13.7. The Hall–Kier alpha value is -2.16. The van der Waals surface area contributed by atoms with Crippen LogP contribution in [0.15, 0.2) is 52.5 Å². The number of rotatable bonds is 10. The molecule has 1 aromatic rings. The predicted octanol–water partition coefficient (Wildman–Crippen LogP) is 6.67. The van der Waals surface area contributed by atoms with Crippen molar-refractivity contribution in [3.05, 3.63) is 58.1 Å². The minimum atomic E-state index is -0.626. The number of allylic oxidation sites excluding steroid dienone is 2. The van der Waals surface area contributed by atoms with E-state index in [1.807, 2.05) is 38.1 Å². The fraction of sp³-hybridized carbons (Fsp3) is 0.625. The molecule has 2 amide bonds. The number of fused-ring (bicyclic) bond motifs is 1. The standard InChI is InChI=1S/C32H45BrN2O5/c1-22-16-25-18-24(31(2,3)29(36)34-19-23-10-12-26(33)13-11-23)14-15-32(25,20-39-21-38-4)28(17-22)40-30(37)35-27-8-6-5-7-9-27/h10-16,24-25,27-28H,5-9,17-21H2,1-4H3,(H,34,36)(H,35,37)/t24-,25+,28+,32+/m1/s1. The SMILES string of the molecule is COCOC[C@@]12C=C[C@@H](C(C)(C)C(=O)NCc3ccc(Br)cc3)C[C@@H]1C=C(C)C[C@@H]2OC(=O)NC1CCCCC1. The quantitative estimate of drug-likeness (QED) is 0.174. The first-order valence-corrected chi connectivity index (χ1v) is 15.4. The molecule has 8 heteroatoms. The van der Waals surface area contributed by atoms with Gasteiger partial charge in [-0.15, -0.1) is 0 Å². The fourth-order valence-electron chi connectivity index (χ4n) is 6.45. The highest BCUT2D eigenvalue weighted by Gasteiger charge is 2.52. The Morgan fingerprint density at radius 2 is 1.85 bits per heavy atom. The van der Waals surface area contributed by atoms with E-state index in [0.29, 0.717) is 19.6 Å². The van der Waals surface area contributed by atoms with Crippen molar-refractivity contribution in [3.8, 4) is 0 Å². The molecule has 0 unspecified atom stereocenters. The van der Waals surface area contributed by atoms with Crippen LogP contribution < -0.4 is 10.6 Å². The highest BCUT2D eigenvalue weighted by molar-refractivity contribution is 9.10. The van der Waals surface area contributed by atoms with Gasteiger partial charge in [0.15, 0.2) is 0 Å². The second-order valence-corrected chi connectivity index (χ2v) is 13.2. The van der Waals surface area contributed by atoms with Gasteiger partial charge >= 0.3 is 6.09 Å². The Balaban J connectivity index is 1.51. The van der Waals surface area contributed by atoms with Gasteiger partial charge in [-0.2, -0.15) is 0 Å². The maximum Gasteiger partial charge on any atom is 0.407 e. The zero-order valence-corrected chi connectivity index (χ0v) is 25.9. The lowest BCUT2D eigenvalue weighted by Crippen LogP contribution is -2.53. The van der Waals surface area contributed by atoms with Gasteiger partial charge in [0, 0.05) is 36.0 Å². The molecule has 1 aromatic carbocycles. The molecule has 0 bridgehead atoms. The van der Waals surface area contributed by atoms with Crippen LogP contribution in [0.3, 0.4) is 0 Å². The summed E-state index contributed by atoms with van der Waals surface area (Å²) in [6.07, 6.45) is 12.8. The number of ether oxygens (including phenoxy) is 3. The van der Waals surface area contributed by atoms with Crippen molar-refractivity contribution < 1.29 is 23.8 Å². The van der Waals surface area contributed by atoms with Crippen molar-refractivity contribution in [2.24, 2.45) is 22.7 Å². The molecule has 4 atom stereocenters. The monoisotopic (exact) mass is 616 g/mol. The first-order valence-electron chi connectivity index (χ1n) is 14.6. The zero-order chi connectivity index (χ0) is 28.8. The van der Waals surface area contributed by atoms with Crippen molar-refractivity contribution in [1.29, 1.82) is 0 Å². The van der Waals surface area contributed by atoms with Crippen LogP contribution in [0.2, 0.25) is 0 Å². The normalized spacial score (nSPS) is 26.9. The second-order valence-electron chi connectivity index (χ2n) is 12.3. The summed E-state index contributed by atoms with van der Waals surface area (Å²) in [5, 5.41) is 6.25. The van der Waals surface area contributed by atoms with Crippen LogP contribution in [0.25, 0.3) is 0 Å². The molecule has 1 fully saturated rings. The Kier molecular flexibility index (Phi) is 10.5. The molecule has 3 aliphatic rings.